The van der Waals surface area contributed by atoms with Gasteiger partial charge in [-0.15, -0.1) is 0 Å². The van der Waals surface area contributed by atoms with Gasteiger partial charge in [-0.1, -0.05) is 147 Å². The van der Waals surface area contributed by atoms with Crippen LogP contribution in [0.5, 0.6) is 0 Å². The van der Waals surface area contributed by atoms with Gasteiger partial charge in [0.1, 0.15) is 0 Å². The lowest BCUT2D eigenvalue weighted by atomic mass is 9.82. The smallest absolute Gasteiger partial charge is 0.0543 e. The van der Waals surface area contributed by atoms with Gasteiger partial charge in [0.25, 0.3) is 0 Å². The van der Waals surface area contributed by atoms with Gasteiger partial charge in [-0.05, 0) is 80.0 Å². The molecule has 0 spiro atoms. The largest absolute Gasteiger partial charge is 0.310 e. The van der Waals surface area contributed by atoms with Crippen molar-refractivity contribution < 1.29 is 0 Å². The van der Waals surface area contributed by atoms with Crippen LogP contribution >= 0.6 is 0 Å². The summed E-state index contributed by atoms with van der Waals surface area (Å²) in [5, 5.41) is 2.48. The van der Waals surface area contributed by atoms with Crippen molar-refractivity contribution in [3.05, 3.63) is 175 Å². The van der Waals surface area contributed by atoms with Crippen molar-refractivity contribution >= 4 is 27.8 Å². The van der Waals surface area contributed by atoms with Gasteiger partial charge in [-0.2, -0.15) is 0 Å². The zero-order valence-corrected chi connectivity index (χ0v) is 25.0. The van der Waals surface area contributed by atoms with E-state index < -0.39 is 0 Å². The molecule has 0 saturated heterocycles. The van der Waals surface area contributed by atoms with Crippen LogP contribution in [0.4, 0.5) is 17.1 Å². The van der Waals surface area contributed by atoms with Crippen LogP contribution in [0.15, 0.2) is 164 Å². The Bertz CT molecular complexity index is 2140. The summed E-state index contributed by atoms with van der Waals surface area (Å²) < 4.78 is 0. The van der Waals surface area contributed by atoms with Gasteiger partial charge in [-0.25, -0.2) is 0 Å². The highest BCUT2D eigenvalue weighted by molar-refractivity contribution is 5.97. The number of anilines is 3. The van der Waals surface area contributed by atoms with Crippen molar-refractivity contribution in [1.29, 1.82) is 0 Å². The Morgan fingerprint density at radius 1 is 0.409 bits per heavy atom. The topological polar surface area (TPSA) is 3.24 Å². The van der Waals surface area contributed by atoms with E-state index in [1.165, 1.54) is 61.0 Å². The summed E-state index contributed by atoms with van der Waals surface area (Å²) in [6.07, 6.45) is 0. The van der Waals surface area contributed by atoms with Crippen LogP contribution in [0, 0.1) is 0 Å². The lowest BCUT2D eigenvalue weighted by molar-refractivity contribution is 0.660. The lowest BCUT2D eigenvalue weighted by Crippen LogP contribution is -2.16. The van der Waals surface area contributed by atoms with E-state index in [0.29, 0.717) is 0 Å². The fraction of sp³-hybridized carbons (Fsp3) is 0.0698. The Hall–Kier alpha value is -5.40. The maximum absolute atomic E-state index is 2.45. The fourth-order valence-electron chi connectivity index (χ4n) is 6.97. The van der Waals surface area contributed by atoms with E-state index >= 15 is 0 Å². The maximum Gasteiger partial charge on any atom is 0.0543 e. The predicted molar refractivity (Wildman–Crippen MR) is 187 cm³/mol. The van der Waals surface area contributed by atoms with Crippen molar-refractivity contribution in [2.45, 2.75) is 19.3 Å². The minimum absolute atomic E-state index is 0.0701. The van der Waals surface area contributed by atoms with E-state index in [2.05, 4.69) is 183 Å². The Kier molecular flexibility index (Phi) is 6.20. The first-order valence-electron chi connectivity index (χ1n) is 15.4. The Balaban J connectivity index is 1.31. The molecule has 0 bridgehead atoms. The molecule has 0 atom stereocenters. The second-order valence-electron chi connectivity index (χ2n) is 12.2. The summed E-state index contributed by atoms with van der Waals surface area (Å²) in [4.78, 5) is 2.45. The first-order chi connectivity index (χ1) is 21.6. The molecule has 7 aromatic rings. The summed E-state index contributed by atoms with van der Waals surface area (Å²) in [6.45, 7) is 4.70. The number of fused-ring (bicyclic) bond motifs is 4. The molecule has 0 aliphatic heterocycles. The van der Waals surface area contributed by atoms with Crippen LogP contribution in [0.1, 0.15) is 25.0 Å². The molecule has 0 heterocycles. The highest BCUT2D eigenvalue weighted by Gasteiger charge is 2.37. The molecule has 1 nitrogen and oxygen atoms in total. The minimum atomic E-state index is -0.0701. The first kappa shape index (κ1) is 26.2. The van der Waals surface area contributed by atoms with E-state index in [4.69, 9.17) is 0 Å². The molecule has 0 aromatic heterocycles. The Morgan fingerprint density at radius 2 is 1.00 bits per heavy atom. The van der Waals surface area contributed by atoms with Gasteiger partial charge in [0.05, 0.1) is 5.69 Å². The molecule has 1 aliphatic carbocycles. The number of hydrogen-bond acceptors (Lipinski definition) is 1. The van der Waals surface area contributed by atoms with E-state index in [1.54, 1.807) is 0 Å². The zero-order chi connectivity index (χ0) is 29.7. The summed E-state index contributed by atoms with van der Waals surface area (Å²) in [7, 11) is 0. The molecule has 7 aromatic carbocycles. The second-order valence-corrected chi connectivity index (χ2v) is 12.2. The van der Waals surface area contributed by atoms with Crippen molar-refractivity contribution in [2.75, 3.05) is 4.90 Å². The maximum atomic E-state index is 2.45. The first-order valence-corrected chi connectivity index (χ1v) is 15.4. The van der Waals surface area contributed by atoms with Crippen molar-refractivity contribution in [3.63, 3.8) is 0 Å². The molecular formula is C43H33N. The van der Waals surface area contributed by atoms with Crippen LogP contribution < -0.4 is 4.90 Å². The number of benzene rings is 7. The van der Waals surface area contributed by atoms with Gasteiger partial charge in [-0.3, -0.25) is 0 Å². The molecule has 0 saturated carbocycles. The number of rotatable bonds is 5. The quantitative estimate of drug-likeness (QED) is 0.201. The van der Waals surface area contributed by atoms with Gasteiger partial charge >= 0.3 is 0 Å². The van der Waals surface area contributed by atoms with E-state index in [1.807, 2.05) is 0 Å². The van der Waals surface area contributed by atoms with Gasteiger partial charge in [0.2, 0.25) is 0 Å². The third-order valence-electron chi connectivity index (χ3n) is 9.25. The molecule has 8 rings (SSSR count). The molecule has 1 heteroatoms. The standard InChI is InChI=1S/C43H33N/c1-43(2)39-19-9-8-18-38(39)42-40(43)20-11-21-41(42)44(37-27-26-31-14-6-7-15-34(31)29-37)36-17-10-16-35(28-36)33-24-22-32(23-25-33)30-12-4-3-5-13-30/h3-29H,1-2H3. The molecule has 0 N–H and O–H groups in total. The molecule has 0 fully saturated rings. The predicted octanol–water partition coefficient (Wildman–Crippen LogP) is 11.9. The third-order valence-corrected chi connectivity index (χ3v) is 9.25. The Labute approximate surface area is 259 Å². The highest BCUT2D eigenvalue weighted by atomic mass is 15.1. The molecule has 0 radical (unpaired) electrons. The molecular weight excluding hydrogens is 530 g/mol. The average Bonchev–Trinajstić information content (AvgIpc) is 3.32. The van der Waals surface area contributed by atoms with E-state index in [9.17, 15) is 0 Å². The van der Waals surface area contributed by atoms with Crippen LogP contribution in [0.2, 0.25) is 0 Å². The van der Waals surface area contributed by atoms with E-state index in [0.717, 1.165) is 11.4 Å². The number of hydrogen-bond donors (Lipinski definition) is 0. The van der Waals surface area contributed by atoms with Crippen LogP contribution in [0.3, 0.4) is 0 Å². The zero-order valence-electron chi connectivity index (χ0n) is 25.0. The van der Waals surface area contributed by atoms with Crippen molar-refractivity contribution in [3.8, 4) is 33.4 Å². The lowest BCUT2D eigenvalue weighted by Gasteiger charge is -2.29. The normalized spacial score (nSPS) is 13.0. The van der Waals surface area contributed by atoms with Crippen molar-refractivity contribution in [2.24, 2.45) is 0 Å². The monoisotopic (exact) mass is 563 g/mol. The number of nitrogens with zero attached hydrogens (tertiary/aromatic N) is 1. The average molecular weight is 564 g/mol. The highest BCUT2D eigenvalue weighted by Crippen LogP contribution is 2.54. The molecule has 1 aliphatic rings. The summed E-state index contributed by atoms with van der Waals surface area (Å²) >= 11 is 0. The van der Waals surface area contributed by atoms with Gasteiger partial charge < -0.3 is 4.90 Å². The van der Waals surface area contributed by atoms with Crippen molar-refractivity contribution in [1.82, 2.24) is 0 Å². The van der Waals surface area contributed by atoms with E-state index in [-0.39, 0.29) is 5.41 Å². The molecule has 0 amide bonds. The molecule has 44 heavy (non-hydrogen) atoms. The second kappa shape index (κ2) is 10.4. The van der Waals surface area contributed by atoms with Gasteiger partial charge in [0, 0.05) is 22.4 Å². The summed E-state index contributed by atoms with van der Waals surface area (Å²) in [5.74, 6) is 0. The fourth-order valence-corrected chi connectivity index (χ4v) is 6.97. The Morgan fingerprint density at radius 3 is 1.82 bits per heavy atom. The third kappa shape index (κ3) is 4.32. The van der Waals surface area contributed by atoms with Crippen LogP contribution in [0.25, 0.3) is 44.2 Å². The van der Waals surface area contributed by atoms with Crippen LogP contribution in [-0.4, -0.2) is 0 Å². The summed E-state index contributed by atoms with van der Waals surface area (Å²) in [6, 6.07) is 59.6. The minimum Gasteiger partial charge on any atom is -0.310 e. The summed E-state index contributed by atoms with van der Waals surface area (Å²) in [5.41, 5.74) is 13.7. The SMILES string of the molecule is CC1(C)c2ccccc2-c2c(N(c3cccc(-c4ccc(-c5ccccc5)cc4)c3)c3ccc4ccccc4c3)cccc21. The van der Waals surface area contributed by atoms with Gasteiger partial charge in [0.15, 0.2) is 0 Å². The molecule has 0 unspecified atom stereocenters. The molecule has 210 valence electrons. The van der Waals surface area contributed by atoms with Crippen LogP contribution in [-0.2, 0) is 5.41 Å².